The Bertz CT molecular complexity index is 171. The Balaban J connectivity index is 3.81. The van der Waals surface area contributed by atoms with Gasteiger partial charge >= 0.3 is 0 Å². The molecule has 0 aromatic rings. The van der Waals surface area contributed by atoms with Crippen molar-refractivity contribution < 1.29 is 4.21 Å². The van der Waals surface area contributed by atoms with Crippen molar-refractivity contribution in [2.75, 3.05) is 12.3 Å². The van der Waals surface area contributed by atoms with Crippen molar-refractivity contribution >= 4 is 10.8 Å². The van der Waals surface area contributed by atoms with Gasteiger partial charge in [0.2, 0.25) is 0 Å². The largest absolute Gasteiger partial charge is 0.313 e. The zero-order valence-electron chi connectivity index (χ0n) is 10.2. The molecule has 14 heavy (non-hydrogen) atoms. The van der Waals surface area contributed by atoms with Gasteiger partial charge in [-0.1, -0.05) is 27.7 Å². The lowest BCUT2D eigenvalue weighted by molar-refractivity contribution is 0.567. The van der Waals surface area contributed by atoms with E-state index in [1.807, 2.05) is 0 Å². The Kier molecular flexibility index (Phi) is 7.47. The van der Waals surface area contributed by atoms with Gasteiger partial charge in [0.1, 0.15) is 0 Å². The minimum absolute atomic E-state index is 0.306. The van der Waals surface area contributed by atoms with Crippen molar-refractivity contribution in [3.05, 3.63) is 0 Å². The molecule has 86 valence electrons. The van der Waals surface area contributed by atoms with Crippen molar-refractivity contribution in [1.82, 2.24) is 5.32 Å². The standard InChI is InChI=1S/C11H25NOS/c1-6-7-12-10(4)8-14(13)11(5)9(2)3/h9-12H,6-8H2,1-5H3. The molecule has 0 saturated heterocycles. The van der Waals surface area contributed by atoms with E-state index in [1.54, 1.807) is 0 Å². The normalized spacial score (nSPS) is 18.1. The van der Waals surface area contributed by atoms with Crippen molar-refractivity contribution in [2.45, 2.75) is 52.3 Å². The average molecular weight is 219 g/mol. The first kappa shape index (κ1) is 14.1. The highest BCUT2D eigenvalue weighted by atomic mass is 32.2. The Morgan fingerprint density at radius 3 is 2.21 bits per heavy atom. The molecule has 3 atom stereocenters. The van der Waals surface area contributed by atoms with Crippen LogP contribution in [0, 0.1) is 5.92 Å². The number of nitrogens with one attached hydrogen (secondary N) is 1. The fourth-order valence-electron chi connectivity index (χ4n) is 1.15. The maximum absolute atomic E-state index is 11.8. The number of rotatable bonds is 7. The van der Waals surface area contributed by atoms with E-state index in [0.29, 0.717) is 17.2 Å². The molecule has 3 unspecified atom stereocenters. The first-order valence-corrected chi connectivity index (χ1v) is 6.97. The third kappa shape index (κ3) is 5.76. The van der Waals surface area contributed by atoms with Gasteiger partial charge in [-0.15, -0.1) is 0 Å². The second-order valence-electron chi connectivity index (χ2n) is 4.35. The third-order valence-corrected chi connectivity index (χ3v) is 4.71. The average Bonchev–Trinajstić information content (AvgIpc) is 2.13. The molecule has 0 radical (unpaired) electrons. The van der Waals surface area contributed by atoms with Crippen LogP contribution in [0.4, 0.5) is 0 Å². The smallest absolute Gasteiger partial charge is 0.0388 e. The summed E-state index contributed by atoms with van der Waals surface area (Å²) >= 11 is 0. The monoisotopic (exact) mass is 219 g/mol. The van der Waals surface area contributed by atoms with Crippen LogP contribution < -0.4 is 5.32 Å². The lowest BCUT2D eigenvalue weighted by Crippen LogP contribution is -2.34. The molecular weight excluding hydrogens is 194 g/mol. The van der Waals surface area contributed by atoms with Gasteiger partial charge in [-0.05, 0) is 25.8 Å². The van der Waals surface area contributed by atoms with Gasteiger partial charge in [-0.3, -0.25) is 4.21 Å². The van der Waals surface area contributed by atoms with Gasteiger partial charge in [0.15, 0.2) is 0 Å². The molecule has 0 aliphatic rings. The maximum Gasteiger partial charge on any atom is 0.0388 e. The van der Waals surface area contributed by atoms with E-state index in [9.17, 15) is 4.21 Å². The molecule has 0 aromatic carbocycles. The topological polar surface area (TPSA) is 29.1 Å². The minimum Gasteiger partial charge on any atom is -0.313 e. The fourth-order valence-corrected chi connectivity index (χ4v) is 2.67. The van der Waals surface area contributed by atoms with Crippen molar-refractivity contribution in [1.29, 1.82) is 0 Å². The molecule has 1 N–H and O–H groups in total. The molecule has 0 spiro atoms. The Morgan fingerprint density at radius 2 is 1.79 bits per heavy atom. The third-order valence-electron chi connectivity index (χ3n) is 2.51. The molecule has 0 amide bonds. The maximum atomic E-state index is 11.8. The second-order valence-corrected chi connectivity index (χ2v) is 6.19. The summed E-state index contributed by atoms with van der Waals surface area (Å²) in [5.41, 5.74) is 0. The highest BCUT2D eigenvalue weighted by Gasteiger charge is 2.16. The molecule has 0 rings (SSSR count). The van der Waals surface area contributed by atoms with E-state index in [0.717, 1.165) is 18.7 Å². The van der Waals surface area contributed by atoms with E-state index in [2.05, 4.69) is 39.9 Å². The molecule has 3 heteroatoms. The Hall–Kier alpha value is 0.110. The minimum atomic E-state index is -0.691. The van der Waals surface area contributed by atoms with Crippen LogP contribution in [-0.4, -0.2) is 27.8 Å². The van der Waals surface area contributed by atoms with Crippen LogP contribution in [0.25, 0.3) is 0 Å². The van der Waals surface area contributed by atoms with Crippen LogP contribution in [0.1, 0.15) is 41.0 Å². The van der Waals surface area contributed by atoms with E-state index >= 15 is 0 Å². The zero-order chi connectivity index (χ0) is 11.1. The summed E-state index contributed by atoms with van der Waals surface area (Å²) in [6.07, 6.45) is 1.14. The van der Waals surface area contributed by atoms with E-state index in [-0.39, 0.29) is 0 Å². The van der Waals surface area contributed by atoms with E-state index in [4.69, 9.17) is 0 Å². The predicted molar refractivity (Wildman–Crippen MR) is 65.1 cm³/mol. The van der Waals surface area contributed by atoms with Crippen molar-refractivity contribution in [2.24, 2.45) is 5.92 Å². The second kappa shape index (κ2) is 7.41. The summed E-state index contributed by atoms with van der Waals surface area (Å²) in [5, 5.41) is 3.67. The van der Waals surface area contributed by atoms with Gasteiger partial charge in [-0.25, -0.2) is 0 Å². The van der Waals surface area contributed by atoms with Gasteiger partial charge in [0.25, 0.3) is 0 Å². The summed E-state index contributed by atoms with van der Waals surface area (Å²) in [4.78, 5) is 0. The summed E-state index contributed by atoms with van der Waals surface area (Å²) in [7, 11) is -0.691. The van der Waals surface area contributed by atoms with Crippen LogP contribution in [0.15, 0.2) is 0 Å². The highest BCUT2D eigenvalue weighted by Crippen LogP contribution is 2.09. The SMILES string of the molecule is CCCNC(C)CS(=O)C(C)C(C)C. The summed E-state index contributed by atoms with van der Waals surface area (Å²) < 4.78 is 11.8. The molecule has 0 bridgehead atoms. The quantitative estimate of drug-likeness (QED) is 0.711. The van der Waals surface area contributed by atoms with Gasteiger partial charge in [-0.2, -0.15) is 0 Å². The van der Waals surface area contributed by atoms with Crippen LogP contribution in [-0.2, 0) is 10.8 Å². The van der Waals surface area contributed by atoms with Crippen LogP contribution in [0.2, 0.25) is 0 Å². The van der Waals surface area contributed by atoms with Crippen molar-refractivity contribution in [3.63, 3.8) is 0 Å². The lowest BCUT2D eigenvalue weighted by Gasteiger charge is -2.18. The molecular formula is C11H25NOS. The van der Waals surface area contributed by atoms with Crippen LogP contribution in [0.5, 0.6) is 0 Å². The molecule has 0 aliphatic carbocycles. The fraction of sp³-hybridized carbons (Fsp3) is 1.00. The lowest BCUT2D eigenvalue weighted by atomic mass is 10.2. The molecule has 2 nitrogen and oxygen atoms in total. The summed E-state index contributed by atoms with van der Waals surface area (Å²) in [6, 6.07) is 0.372. The van der Waals surface area contributed by atoms with Gasteiger partial charge in [0, 0.05) is 27.8 Å². The van der Waals surface area contributed by atoms with Gasteiger partial charge < -0.3 is 5.32 Å². The zero-order valence-corrected chi connectivity index (χ0v) is 11.0. The Morgan fingerprint density at radius 1 is 1.21 bits per heavy atom. The molecule has 0 aromatic heterocycles. The van der Waals surface area contributed by atoms with E-state index < -0.39 is 10.8 Å². The predicted octanol–water partition coefficient (Wildman–Crippen LogP) is 2.17. The summed E-state index contributed by atoms with van der Waals surface area (Å²) in [6.45, 7) is 11.6. The number of hydrogen-bond donors (Lipinski definition) is 1. The summed E-state index contributed by atoms with van der Waals surface area (Å²) in [5.74, 6) is 1.29. The van der Waals surface area contributed by atoms with Gasteiger partial charge in [0.05, 0.1) is 0 Å². The molecule has 0 saturated carbocycles. The van der Waals surface area contributed by atoms with Crippen LogP contribution in [0.3, 0.4) is 0 Å². The van der Waals surface area contributed by atoms with Crippen molar-refractivity contribution in [3.8, 4) is 0 Å². The van der Waals surface area contributed by atoms with Crippen LogP contribution >= 0.6 is 0 Å². The Labute approximate surface area is 91.3 Å². The first-order valence-electron chi connectivity index (χ1n) is 5.59. The first-order chi connectivity index (χ1) is 6.49. The number of hydrogen-bond acceptors (Lipinski definition) is 2. The highest BCUT2D eigenvalue weighted by molar-refractivity contribution is 7.85. The molecule has 0 fully saturated rings. The van der Waals surface area contributed by atoms with E-state index in [1.165, 1.54) is 0 Å². The molecule has 0 aliphatic heterocycles. The molecule has 0 heterocycles.